The Morgan fingerprint density at radius 1 is 1.33 bits per heavy atom. The van der Waals surface area contributed by atoms with Gasteiger partial charge >= 0.3 is 5.97 Å². The van der Waals surface area contributed by atoms with Gasteiger partial charge in [0.05, 0.1) is 9.16 Å². The molecule has 8 nitrogen and oxygen atoms in total. The number of ether oxygens (including phenoxy) is 1. The zero-order valence-electron chi connectivity index (χ0n) is 15.7. The van der Waals surface area contributed by atoms with Crippen molar-refractivity contribution in [2.45, 2.75) is 23.9 Å². The number of nitro benzene ring substituents is 1. The zero-order chi connectivity index (χ0) is 21.3. The highest BCUT2D eigenvalue weighted by Gasteiger charge is 2.52. The number of allylic oxidation sites excluding steroid dienone is 1. The molecule has 1 amide bonds. The predicted octanol–water partition coefficient (Wildman–Crippen LogP) is 3.86. The first kappa shape index (κ1) is 20.2. The number of benzene rings is 1. The first-order chi connectivity index (χ1) is 14.5. The van der Waals surface area contributed by atoms with Gasteiger partial charge in [-0.25, -0.2) is 9.78 Å². The first-order valence-electron chi connectivity index (χ1n) is 8.89. The predicted molar refractivity (Wildman–Crippen MR) is 112 cm³/mol. The van der Waals surface area contributed by atoms with Crippen LogP contribution in [0, 0.1) is 10.1 Å². The van der Waals surface area contributed by atoms with Crippen molar-refractivity contribution in [2.75, 3.05) is 0 Å². The molecule has 0 radical (unpaired) electrons. The second-order valence-electron chi connectivity index (χ2n) is 6.30. The SMILES string of the molecule is CC=C1C(=O)N2C(C(=O)OCc3ccc([N+](=O)[O-])cc3)=C(Sc3ccccn3)SC12. The van der Waals surface area contributed by atoms with E-state index < -0.39 is 10.9 Å². The van der Waals surface area contributed by atoms with Gasteiger partial charge in [-0.15, -0.1) is 0 Å². The third-order valence-corrected chi connectivity index (χ3v) is 6.94. The van der Waals surface area contributed by atoms with E-state index >= 15 is 0 Å². The number of non-ortho nitro benzene ring substituents is 1. The number of hydrogen-bond donors (Lipinski definition) is 0. The lowest BCUT2D eigenvalue weighted by Gasteiger charge is -2.37. The van der Waals surface area contributed by atoms with Gasteiger partial charge in [-0.05, 0) is 36.8 Å². The van der Waals surface area contributed by atoms with Crippen molar-refractivity contribution in [3.8, 4) is 0 Å². The fourth-order valence-electron chi connectivity index (χ4n) is 2.97. The number of β-lactam (4-membered cyclic amide) rings is 1. The van der Waals surface area contributed by atoms with Crippen molar-refractivity contribution in [1.82, 2.24) is 9.88 Å². The molecule has 0 spiro atoms. The summed E-state index contributed by atoms with van der Waals surface area (Å²) in [5, 5.41) is 11.2. The van der Waals surface area contributed by atoms with E-state index in [2.05, 4.69) is 4.98 Å². The second-order valence-corrected chi connectivity index (χ2v) is 8.67. The number of nitrogens with zero attached hydrogens (tertiary/aromatic N) is 3. The van der Waals surface area contributed by atoms with E-state index in [0.717, 1.165) is 0 Å². The third-order valence-electron chi connectivity index (χ3n) is 4.48. The van der Waals surface area contributed by atoms with Crippen molar-refractivity contribution < 1.29 is 19.2 Å². The Hall–Kier alpha value is -3.11. The molecule has 0 aliphatic carbocycles. The van der Waals surface area contributed by atoms with Crippen molar-refractivity contribution in [1.29, 1.82) is 0 Å². The molecule has 30 heavy (non-hydrogen) atoms. The minimum atomic E-state index is -0.620. The Morgan fingerprint density at radius 3 is 2.73 bits per heavy atom. The summed E-state index contributed by atoms with van der Waals surface area (Å²) in [6.07, 6.45) is 3.41. The Balaban J connectivity index is 1.54. The number of rotatable bonds is 6. The van der Waals surface area contributed by atoms with Crippen molar-refractivity contribution in [3.63, 3.8) is 0 Å². The number of carbonyl (C=O) groups is 2. The van der Waals surface area contributed by atoms with E-state index in [-0.39, 0.29) is 29.3 Å². The lowest BCUT2D eigenvalue weighted by Crippen LogP contribution is -2.51. The normalized spacial score (nSPS) is 19.0. The quantitative estimate of drug-likeness (QED) is 0.219. The second kappa shape index (κ2) is 8.33. The van der Waals surface area contributed by atoms with Crippen LogP contribution in [-0.4, -0.2) is 32.1 Å². The lowest BCUT2D eigenvalue weighted by atomic mass is 10.1. The number of carbonyl (C=O) groups excluding carboxylic acids is 2. The Labute approximate surface area is 180 Å². The number of pyridine rings is 1. The minimum Gasteiger partial charge on any atom is -0.456 e. The van der Waals surface area contributed by atoms with Crippen LogP contribution in [0.15, 0.2) is 75.3 Å². The molecule has 1 fully saturated rings. The molecule has 2 aliphatic rings. The standard InChI is InChI=1S/C20H15N3O5S2/c1-2-14-17(24)22-16(20(30-18(14)22)29-15-5-3-4-10-21-15)19(25)28-11-12-6-8-13(9-7-12)23(26)27/h2-10,18H,11H2,1H3. The number of amides is 1. The molecule has 2 aliphatic heterocycles. The maximum absolute atomic E-state index is 12.9. The summed E-state index contributed by atoms with van der Waals surface area (Å²) in [7, 11) is 0. The van der Waals surface area contributed by atoms with E-state index in [0.29, 0.717) is 20.4 Å². The first-order valence-corrected chi connectivity index (χ1v) is 10.6. The van der Waals surface area contributed by atoms with Crippen molar-refractivity contribution in [3.05, 3.63) is 85.9 Å². The van der Waals surface area contributed by atoms with Crippen LogP contribution >= 0.6 is 23.5 Å². The van der Waals surface area contributed by atoms with E-state index in [1.807, 2.05) is 12.1 Å². The number of fused-ring (bicyclic) bond motifs is 1. The summed E-state index contributed by atoms with van der Waals surface area (Å²) >= 11 is 2.73. The molecule has 1 atom stereocenters. The summed E-state index contributed by atoms with van der Waals surface area (Å²) in [5.74, 6) is -0.834. The summed E-state index contributed by atoms with van der Waals surface area (Å²) in [4.78, 5) is 41.3. The zero-order valence-corrected chi connectivity index (χ0v) is 17.3. The molecule has 1 saturated heterocycles. The van der Waals surface area contributed by atoms with Crippen LogP contribution in [0.4, 0.5) is 5.69 Å². The van der Waals surface area contributed by atoms with Crippen LogP contribution in [-0.2, 0) is 20.9 Å². The van der Waals surface area contributed by atoms with Gasteiger partial charge in [-0.2, -0.15) is 0 Å². The number of hydrogen-bond acceptors (Lipinski definition) is 8. The minimum absolute atomic E-state index is 0.0399. The van der Waals surface area contributed by atoms with Crippen LogP contribution in [0.25, 0.3) is 0 Å². The molecule has 1 aromatic heterocycles. The van der Waals surface area contributed by atoms with Gasteiger partial charge < -0.3 is 4.74 Å². The molecular formula is C20H15N3O5S2. The third kappa shape index (κ3) is 3.71. The average molecular weight is 441 g/mol. The summed E-state index contributed by atoms with van der Waals surface area (Å²) in [6.45, 7) is 1.73. The maximum Gasteiger partial charge on any atom is 0.357 e. The van der Waals surface area contributed by atoms with Crippen LogP contribution in [0.1, 0.15) is 12.5 Å². The maximum atomic E-state index is 12.9. The number of thioether (sulfide) groups is 2. The molecule has 0 N–H and O–H groups in total. The molecule has 0 saturated carbocycles. The Bertz CT molecular complexity index is 1080. The van der Waals surface area contributed by atoms with Gasteiger partial charge in [-0.3, -0.25) is 19.8 Å². The monoisotopic (exact) mass is 441 g/mol. The average Bonchev–Trinajstić information content (AvgIpc) is 3.08. The molecule has 2 aromatic rings. The van der Waals surface area contributed by atoms with E-state index in [4.69, 9.17) is 4.74 Å². The largest absolute Gasteiger partial charge is 0.456 e. The molecular weight excluding hydrogens is 426 g/mol. The fourth-order valence-corrected chi connectivity index (χ4v) is 5.59. The van der Waals surface area contributed by atoms with Gasteiger partial charge in [0, 0.05) is 23.9 Å². The highest BCUT2D eigenvalue weighted by molar-refractivity contribution is 8.22. The van der Waals surface area contributed by atoms with Crippen LogP contribution in [0.3, 0.4) is 0 Å². The summed E-state index contributed by atoms with van der Waals surface area (Å²) in [6, 6.07) is 11.2. The molecule has 10 heteroatoms. The van der Waals surface area contributed by atoms with Gasteiger partial charge in [0.15, 0.2) is 5.70 Å². The molecule has 3 heterocycles. The van der Waals surface area contributed by atoms with Crippen molar-refractivity contribution in [2.24, 2.45) is 0 Å². The van der Waals surface area contributed by atoms with Crippen molar-refractivity contribution >= 4 is 41.1 Å². The van der Waals surface area contributed by atoms with E-state index in [1.165, 1.54) is 52.7 Å². The molecule has 4 rings (SSSR count). The van der Waals surface area contributed by atoms with Gasteiger partial charge in [-0.1, -0.05) is 35.7 Å². The number of esters is 1. The Kier molecular flexibility index (Phi) is 5.60. The topological polar surface area (TPSA) is 103 Å². The molecule has 0 bridgehead atoms. The van der Waals surface area contributed by atoms with Gasteiger partial charge in [0.1, 0.15) is 17.0 Å². The van der Waals surface area contributed by atoms with E-state index in [1.54, 1.807) is 25.3 Å². The number of nitro groups is 1. The summed E-state index contributed by atoms with van der Waals surface area (Å²) < 4.78 is 6.07. The molecule has 152 valence electrons. The van der Waals surface area contributed by atoms with Gasteiger partial charge in [0.25, 0.3) is 11.6 Å². The molecule has 1 unspecified atom stereocenters. The van der Waals surface area contributed by atoms with Crippen LogP contribution in [0.5, 0.6) is 0 Å². The van der Waals surface area contributed by atoms with E-state index in [9.17, 15) is 19.7 Å². The fraction of sp³-hybridized carbons (Fsp3) is 0.150. The lowest BCUT2D eigenvalue weighted by molar-refractivity contribution is -0.384. The van der Waals surface area contributed by atoms with Crippen LogP contribution < -0.4 is 0 Å². The van der Waals surface area contributed by atoms with Crippen LogP contribution in [0.2, 0.25) is 0 Å². The highest BCUT2D eigenvalue weighted by atomic mass is 32.2. The highest BCUT2D eigenvalue weighted by Crippen LogP contribution is 2.54. The van der Waals surface area contributed by atoms with Gasteiger partial charge in [0.2, 0.25) is 0 Å². The number of aromatic nitrogens is 1. The summed E-state index contributed by atoms with van der Waals surface area (Å²) in [5.41, 5.74) is 1.43. The Morgan fingerprint density at radius 2 is 2.10 bits per heavy atom. The molecule has 1 aromatic carbocycles. The smallest absolute Gasteiger partial charge is 0.357 e.